The Morgan fingerprint density at radius 3 is 2.45 bits per heavy atom. The van der Waals surface area contributed by atoms with Crippen molar-refractivity contribution in [1.82, 2.24) is 29.1 Å². The number of aromatic nitrogens is 6. The van der Waals surface area contributed by atoms with Crippen LogP contribution in [-0.4, -0.2) is 71.9 Å². The molecule has 0 unspecified atom stereocenters. The molecule has 14 heteroatoms. The van der Waals surface area contributed by atoms with E-state index >= 15 is 0 Å². The first-order valence-electron chi connectivity index (χ1n) is 12.3. The third-order valence-electron chi connectivity index (χ3n) is 5.94. The maximum absolute atomic E-state index is 12.0. The Morgan fingerprint density at radius 2 is 1.76 bits per heavy atom. The second-order valence-electron chi connectivity index (χ2n) is 8.83. The standard InChI is InChI=1S/C24H29ClN6O7/c1-5-6-7-8-17-26-9-10-30(17)21-18-22(29-24(25)28-21)31(12-27-18)23-20(37-15(4)34)19(36-14(3)33)16(38-23)11-35-13(2)32/h9-10,12,16,19-20,23H,5-8,11H2,1-4H3/t16-,19-,20-,23-/m1/s1. The van der Waals surface area contributed by atoms with E-state index in [-0.39, 0.29) is 11.9 Å². The van der Waals surface area contributed by atoms with Crippen molar-refractivity contribution >= 4 is 40.7 Å². The van der Waals surface area contributed by atoms with Crippen molar-refractivity contribution in [2.75, 3.05) is 6.61 Å². The molecule has 0 spiro atoms. The molecule has 0 N–H and O–H groups in total. The Hall–Kier alpha value is -3.58. The molecule has 13 nitrogen and oxygen atoms in total. The van der Waals surface area contributed by atoms with Crippen molar-refractivity contribution in [2.45, 2.75) is 77.9 Å². The minimum atomic E-state index is -1.09. The summed E-state index contributed by atoms with van der Waals surface area (Å²) in [6.07, 6.45) is 4.65. The van der Waals surface area contributed by atoms with Crippen molar-refractivity contribution in [3.05, 3.63) is 29.8 Å². The Balaban J connectivity index is 1.76. The number of hydrogen-bond acceptors (Lipinski definition) is 11. The molecular formula is C24H29ClN6O7. The van der Waals surface area contributed by atoms with Gasteiger partial charge in [0.1, 0.15) is 18.5 Å². The number of imidazole rings is 2. The van der Waals surface area contributed by atoms with Gasteiger partial charge in [0.25, 0.3) is 0 Å². The lowest BCUT2D eigenvalue weighted by Gasteiger charge is -2.23. The van der Waals surface area contributed by atoms with E-state index in [1.165, 1.54) is 31.7 Å². The number of carbonyl (C=O) groups is 3. The molecule has 0 aliphatic carbocycles. The van der Waals surface area contributed by atoms with Crippen LogP contribution in [0.25, 0.3) is 17.0 Å². The first-order valence-corrected chi connectivity index (χ1v) is 12.6. The van der Waals surface area contributed by atoms with E-state index in [4.69, 9.17) is 30.5 Å². The van der Waals surface area contributed by atoms with Gasteiger partial charge >= 0.3 is 17.9 Å². The third-order valence-corrected chi connectivity index (χ3v) is 6.11. The molecule has 0 aromatic carbocycles. The summed E-state index contributed by atoms with van der Waals surface area (Å²) < 4.78 is 25.5. The normalized spacial score (nSPS) is 21.0. The van der Waals surface area contributed by atoms with Crippen molar-refractivity contribution in [3.8, 4) is 5.82 Å². The van der Waals surface area contributed by atoms with Gasteiger partial charge in [-0.2, -0.15) is 9.97 Å². The fourth-order valence-electron chi connectivity index (χ4n) is 4.39. The van der Waals surface area contributed by atoms with Gasteiger partial charge in [0.2, 0.25) is 5.28 Å². The summed E-state index contributed by atoms with van der Waals surface area (Å²) in [7, 11) is 0. The Morgan fingerprint density at radius 1 is 1.03 bits per heavy atom. The zero-order valence-electron chi connectivity index (χ0n) is 21.5. The van der Waals surface area contributed by atoms with E-state index in [2.05, 4.69) is 26.9 Å². The molecule has 0 saturated carbocycles. The minimum Gasteiger partial charge on any atom is -0.463 e. The Kier molecular flexibility index (Phi) is 8.57. The van der Waals surface area contributed by atoms with E-state index in [1.807, 2.05) is 4.57 Å². The molecule has 1 fully saturated rings. The smallest absolute Gasteiger partial charge is 0.303 e. The number of halogens is 1. The van der Waals surface area contributed by atoms with Crippen molar-refractivity contribution < 1.29 is 33.3 Å². The average molecular weight is 549 g/mol. The fraction of sp³-hybridized carbons (Fsp3) is 0.542. The van der Waals surface area contributed by atoms with Gasteiger partial charge in [0.15, 0.2) is 35.4 Å². The van der Waals surface area contributed by atoms with Gasteiger partial charge < -0.3 is 18.9 Å². The second kappa shape index (κ2) is 11.9. The minimum absolute atomic E-state index is 0.0440. The van der Waals surface area contributed by atoms with Gasteiger partial charge in [-0.25, -0.2) is 9.97 Å². The van der Waals surface area contributed by atoms with E-state index in [9.17, 15) is 14.4 Å². The molecule has 0 radical (unpaired) electrons. The summed E-state index contributed by atoms with van der Waals surface area (Å²) in [5.41, 5.74) is 0.701. The number of hydrogen-bond donors (Lipinski definition) is 0. The van der Waals surface area contributed by atoms with E-state index < -0.39 is 42.4 Å². The first kappa shape index (κ1) is 27.5. The van der Waals surface area contributed by atoms with Crippen LogP contribution in [0.4, 0.5) is 0 Å². The highest BCUT2D eigenvalue weighted by atomic mass is 35.5. The molecule has 4 atom stereocenters. The summed E-state index contributed by atoms with van der Waals surface area (Å²) in [5, 5.41) is -0.0440. The predicted molar refractivity (Wildman–Crippen MR) is 132 cm³/mol. The van der Waals surface area contributed by atoms with E-state index in [0.717, 1.165) is 31.5 Å². The average Bonchev–Trinajstić information content (AvgIpc) is 3.55. The lowest BCUT2D eigenvalue weighted by Crippen LogP contribution is -2.40. The number of esters is 3. The number of nitrogens with zero attached hydrogens (tertiary/aromatic N) is 6. The molecule has 4 rings (SSSR count). The highest BCUT2D eigenvalue weighted by Gasteiger charge is 2.51. The molecule has 1 saturated heterocycles. The first-order chi connectivity index (χ1) is 18.2. The van der Waals surface area contributed by atoms with Crippen LogP contribution in [-0.2, 0) is 39.8 Å². The summed E-state index contributed by atoms with van der Waals surface area (Å²) in [4.78, 5) is 53.1. The van der Waals surface area contributed by atoms with Gasteiger partial charge in [-0.3, -0.25) is 23.5 Å². The second-order valence-corrected chi connectivity index (χ2v) is 9.16. The number of rotatable bonds is 10. The van der Waals surface area contributed by atoms with Crippen LogP contribution in [0.3, 0.4) is 0 Å². The van der Waals surface area contributed by atoms with Crippen LogP contribution in [0.2, 0.25) is 5.28 Å². The highest BCUT2D eigenvalue weighted by Crippen LogP contribution is 2.36. The topological polar surface area (TPSA) is 150 Å². The van der Waals surface area contributed by atoms with Crippen molar-refractivity contribution in [1.29, 1.82) is 0 Å². The van der Waals surface area contributed by atoms with Crippen LogP contribution in [0.15, 0.2) is 18.7 Å². The molecule has 0 bridgehead atoms. The molecule has 4 heterocycles. The van der Waals surface area contributed by atoms with Gasteiger partial charge in [0.05, 0.1) is 6.33 Å². The van der Waals surface area contributed by atoms with E-state index in [0.29, 0.717) is 17.0 Å². The Bertz CT molecular complexity index is 1320. The van der Waals surface area contributed by atoms with Gasteiger partial charge in [-0.05, 0) is 18.0 Å². The number of ether oxygens (including phenoxy) is 4. The maximum atomic E-state index is 12.0. The SMILES string of the molecule is CCCCCc1nccn1-c1nc(Cl)nc2c1ncn2[C@@H]1O[C@H](COC(C)=O)[C@@H](OC(C)=O)[C@H]1OC(C)=O. The monoisotopic (exact) mass is 548 g/mol. The number of unbranched alkanes of at least 4 members (excludes halogenated alkanes) is 2. The molecule has 204 valence electrons. The molecular weight excluding hydrogens is 520 g/mol. The molecule has 3 aromatic heterocycles. The zero-order valence-corrected chi connectivity index (χ0v) is 22.3. The van der Waals surface area contributed by atoms with Crippen LogP contribution in [0.5, 0.6) is 0 Å². The molecule has 1 aliphatic rings. The van der Waals surface area contributed by atoms with Gasteiger partial charge in [0, 0.05) is 39.6 Å². The highest BCUT2D eigenvalue weighted by molar-refractivity contribution is 6.28. The van der Waals surface area contributed by atoms with Crippen LogP contribution in [0, 0.1) is 0 Å². The maximum Gasteiger partial charge on any atom is 0.303 e. The summed E-state index contributed by atoms with van der Waals surface area (Å²) in [5.74, 6) is -0.562. The Labute approximate surface area is 223 Å². The van der Waals surface area contributed by atoms with Crippen LogP contribution >= 0.6 is 11.6 Å². The number of carbonyl (C=O) groups excluding carboxylic acids is 3. The molecule has 1 aliphatic heterocycles. The molecule has 3 aromatic rings. The quantitative estimate of drug-likeness (QED) is 0.159. The fourth-order valence-corrected chi connectivity index (χ4v) is 4.55. The largest absolute Gasteiger partial charge is 0.463 e. The number of fused-ring (bicyclic) bond motifs is 1. The van der Waals surface area contributed by atoms with Crippen molar-refractivity contribution in [2.24, 2.45) is 0 Å². The summed E-state index contributed by atoms with van der Waals surface area (Å²) >= 11 is 6.34. The summed E-state index contributed by atoms with van der Waals surface area (Å²) in [6.45, 7) is 5.59. The third kappa shape index (κ3) is 5.94. The van der Waals surface area contributed by atoms with Crippen LogP contribution < -0.4 is 0 Å². The lowest BCUT2D eigenvalue weighted by molar-refractivity contribution is -0.166. The molecule has 0 amide bonds. The van der Waals surface area contributed by atoms with E-state index in [1.54, 1.807) is 12.4 Å². The molecule has 38 heavy (non-hydrogen) atoms. The lowest BCUT2D eigenvalue weighted by atomic mass is 10.1. The zero-order chi connectivity index (χ0) is 27.4. The van der Waals surface area contributed by atoms with Gasteiger partial charge in [-0.1, -0.05) is 19.8 Å². The number of aryl methyl sites for hydroxylation is 1. The van der Waals surface area contributed by atoms with Crippen molar-refractivity contribution in [3.63, 3.8) is 0 Å². The summed E-state index contributed by atoms with van der Waals surface area (Å²) in [6, 6.07) is 0. The predicted octanol–water partition coefficient (Wildman–Crippen LogP) is 2.72. The van der Waals surface area contributed by atoms with Crippen LogP contribution in [0.1, 0.15) is 59.0 Å². The van der Waals surface area contributed by atoms with Gasteiger partial charge in [-0.15, -0.1) is 0 Å².